The van der Waals surface area contributed by atoms with E-state index < -0.39 is 0 Å². The van der Waals surface area contributed by atoms with E-state index in [1.54, 1.807) is 24.3 Å². The number of allylic oxidation sites excluding steroid dienone is 3. The van der Waals surface area contributed by atoms with E-state index >= 15 is 0 Å². The van der Waals surface area contributed by atoms with Gasteiger partial charge in [0.15, 0.2) is 0 Å². The maximum Gasteiger partial charge on any atom is 0.0685 e. The second kappa shape index (κ2) is 6.37. The number of nitrogens with two attached hydrogens (primary N) is 2. The van der Waals surface area contributed by atoms with Crippen LogP contribution in [-0.2, 0) is 0 Å². The molecule has 0 atom stereocenters. The minimum atomic E-state index is 0.439. The van der Waals surface area contributed by atoms with Crippen LogP contribution in [0.5, 0.6) is 0 Å². The molecule has 0 fully saturated rings. The van der Waals surface area contributed by atoms with Crippen molar-refractivity contribution in [2.24, 2.45) is 16.5 Å². The van der Waals surface area contributed by atoms with Crippen LogP contribution in [-0.4, -0.2) is 12.3 Å². The molecule has 1 heterocycles. The summed E-state index contributed by atoms with van der Waals surface area (Å²) in [7, 11) is 0. The lowest BCUT2D eigenvalue weighted by Gasteiger charge is -2.07. The summed E-state index contributed by atoms with van der Waals surface area (Å²) >= 11 is 12.1. The lowest BCUT2D eigenvalue weighted by Crippen LogP contribution is -2.07. The zero-order chi connectivity index (χ0) is 15.6. The summed E-state index contributed by atoms with van der Waals surface area (Å²) in [6.45, 7) is 4.68. The van der Waals surface area contributed by atoms with Crippen molar-refractivity contribution in [3.05, 3.63) is 62.8 Å². The number of hydrogen-bond donors (Lipinski definition) is 2. The van der Waals surface area contributed by atoms with Gasteiger partial charge in [0.25, 0.3) is 0 Å². The zero-order valence-corrected chi connectivity index (χ0v) is 13.5. The van der Waals surface area contributed by atoms with Crippen molar-refractivity contribution in [3.8, 4) is 0 Å². The molecule has 2 rings (SSSR count). The molecule has 0 spiro atoms. The van der Waals surface area contributed by atoms with Gasteiger partial charge in [0.05, 0.1) is 16.6 Å². The average Bonchev–Trinajstić information content (AvgIpc) is 2.78. The van der Waals surface area contributed by atoms with Crippen LogP contribution in [0.1, 0.15) is 19.4 Å². The summed E-state index contributed by atoms with van der Waals surface area (Å²) < 4.78 is 0. The second-order valence-electron chi connectivity index (χ2n) is 4.90. The van der Waals surface area contributed by atoms with Crippen LogP contribution in [0.3, 0.4) is 0 Å². The number of benzene rings is 1. The molecule has 0 unspecified atom stereocenters. The van der Waals surface area contributed by atoms with Crippen LogP contribution in [0.15, 0.2) is 52.2 Å². The molecule has 1 aliphatic rings. The van der Waals surface area contributed by atoms with Crippen molar-refractivity contribution in [1.82, 2.24) is 0 Å². The summed E-state index contributed by atoms with van der Waals surface area (Å²) in [5.41, 5.74) is 17.1. The van der Waals surface area contributed by atoms with E-state index in [-0.39, 0.29) is 0 Å². The fourth-order valence-electron chi connectivity index (χ4n) is 2.24. The van der Waals surface area contributed by atoms with Crippen LogP contribution in [0.2, 0.25) is 10.0 Å². The first-order valence-electron chi connectivity index (χ1n) is 6.50. The maximum absolute atomic E-state index is 6.14. The highest BCUT2D eigenvalue weighted by Gasteiger charge is 2.14. The predicted molar refractivity (Wildman–Crippen MR) is 91.6 cm³/mol. The molecule has 1 aromatic rings. The van der Waals surface area contributed by atoms with Gasteiger partial charge in [-0.1, -0.05) is 35.3 Å². The lowest BCUT2D eigenvalue weighted by molar-refractivity contribution is 1.16. The molecule has 0 radical (unpaired) electrons. The molecule has 0 saturated carbocycles. The summed E-state index contributed by atoms with van der Waals surface area (Å²) in [5.74, 6) is 0. The van der Waals surface area contributed by atoms with Gasteiger partial charge >= 0.3 is 0 Å². The Morgan fingerprint density at radius 1 is 1.14 bits per heavy atom. The van der Waals surface area contributed by atoms with Crippen molar-refractivity contribution >= 4 is 34.6 Å². The first-order chi connectivity index (χ1) is 9.91. The molecule has 1 aliphatic heterocycles. The summed E-state index contributed by atoms with van der Waals surface area (Å²) in [4.78, 5) is 4.36. The molecule has 5 heteroatoms. The highest BCUT2D eigenvalue weighted by molar-refractivity contribution is 6.43. The SMILES string of the molecule is CC1=NCC(C)=C1/C(N)=C/C=C(\N)c1cccc(Cl)c1Cl. The molecule has 0 aliphatic carbocycles. The van der Waals surface area contributed by atoms with Crippen LogP contribution >= 0.6 is 23.2 Å². The van der Waals surface area contributed by atoms with Crippen molar-refractivity contribution in [2.75, 3.05) is 6.54 Å². The van der Waals surface area contributed by atoms with Crippen molar-refractivity contribution < 1.29 is 0 Å². The molecule has 0 bridgehead atoms. The Kier molecular flexibility index (Phi) is 4.76. The standard InChI is InChI=1S/C16H17Cl2N3/c1-9-8-21-10(2)15(9)14(20)7-6-13(19)11-4-3-5-12(17)16(11)18/h3-7H,8,19-20H2,1-2H3/b13-6-,14-7-. The average molecular weight is 322 g/mol. The van der Waals surface area contributed by atoms with Gasteiger partial charge in [-0.2, -0.15) is 0 Å². The first-order valence-corrected chi connectivity index (χ1v) is 7.26. The van der Waals surface area contributed by atoms with Crippen LogP contribution in [0.4, 0.5) is 0 Å². The quantitative estimate of drug-likeness (QED) is 0.828. The van der Waals surface area contributed by atoms with Gasteiger partial charge in [-0.3, -0.25) is 4.99 Å². The fourth-order valence-corrected chi connectivity index (χ4v) is 2.65. The van der Waals surface area contributed by atoms with Crippen molar-refractivity contribution in [3.63, 3.8) is 0 Å². The Labute approximate surface area is 134 Å². The molecule has 4 N–H and O–H groups in total. The van der Waals surface area contributed by atoms with Gasteiger partial charge in [-0.15, -0.1) is 0 Å². The minimum absolute atomic E-state index is 0.439. The third-order valence-electron chi connectivity index (χ3n) is 3.34. The van der Waals surface area contributed by atoms with Gasteiger partial charge < -0.3 is 11.5 Å². The van der Waals surface area contributed by atoms with Gasteiger partial charge in [-0.05, 0) is 37.6 Å². The van der Waals surface area contributed by atoms with E-state index in [9.17, 15) is 0 Å². The Bertz CT molecular complexity index is 697. The third kappa shape index (κ3) is 3.31. The highest BCUT2D eigenvalue weighted by atomic mass is 35.5. The summed E-state index contributed by atoms with van der Waals surface area (Å²) in [5, 5.41) is 0.911. The van der Waals surface area contributed by atoms with Gasteiger partial charge in [-0.25, -0.2) is 0 Å². The van der Waals surface area contributed by atoms with Gasteiger partial charge in [0.2, 0.25) is 0 Å². The van der Waals surface area contributed by atoms with E-state index in [1.165, 1.54) is 0 Å². The molecule has 21 heavy (non-hydrogen) atoms. The Morgan fingerprint density at radius 2 is 1.81 bits per heavy atom. The Morgan fingerprint density at radius 3 is 2.43 bits per heavy atom. The predicted octanol–water partition coefficient (Wildman–Crippen LogP) is 3.93. The second-order valence-corrected chi connectivity index (χ2v) is 5.69. The first kappa shape index (κ1) is 15.7. The number of hydrogen-bond acceptors (Lipinski definition) is 3. The maximum atomic E-state index is 6.14. The smallest absolute Gasteiger partial charge is 0.0685 e. The van der Waals surface area contributed by atoms with Crippen molar-refractivity contribution in [2.45, 2.75) is 13.8 Å². The van der Waals surface area contributed by atoms with E-state index in [2.05, 4.69) is 4.99 Å². The van der Waals surface area contributed by atoms with E-state index in [4.69, 9.17) is 34.7 Å². The normalized spacial score (nSPS) is 16.5. The molecular weight excluding hydrogens is 305 g/mol. The minimum Gasteiger partial charge on any atom is -0.398 e. The third-order valence-corrected chi connectivity index (χ3v) is 4.15. The van der Waals surface area contributed by atoms with Crippen molar-refractivity contribution in [1.29, 1.82) is 0 Å². The van der Waals surface area contributed by atoms with E-state index in [1.807, 2.05) is 19.9 Å². The molecular formula is C16H17Cl2N3. The van der Waals surface area contributed by atoms with Gasteiger partial charge in [0.1, 0.15) is 0 Å². The summed E-state index contributed by atoms with van der Waals surface area (Å²) in [6.07, 6.45) is 3.51. The molecule has 0 saturated heterocycles. The van der Waals surface area contributed by atoms with Crippen LogP contribution < -0.4 is 11.5 Å². The molecule has 0 amide bonds. The number of halogens is 2. The highest BCUT2D eigenvalue weighted by Crippen LogP contribution is 2.28. The number of aliphatic imine (C=N–C) groups is 1. The monoisotopic (exact) mass is 321 g/mol. The lowest BCUT2D eigenvalue weighted by atomic mass is 10.0. The van der Waals surface area contributed by atoms with Crippen LogP contribution in [0.25, 0.3) is 5.70 Å². The molecule has 1 aromatic carbocycles. The van der Waals surface area contributed by atoms with E-state index in [0.717, 1.165) is 16.9 Å². The Balaban J connectivity index is 2.32. The summed E-state index contributed by atoms with van der Waals surface area (Å²) in [6, 6.07) is 5.34. The fraction of sp³-hybridized carbons (Fsp3) is 0.188. The largest absolute Gasteiger partial charge is 0.398 e. The number of nitrogens with zero attached hydrogens (tertiary/aromatic N) is 1. The Hall–Kier alpha value is -1.71. The zero-order valence-electron chi connectivity index (χ0n) is 12.0. The van der Waals surface area contributed by atoms with E-state index in [0.29, 0.717) is 33.5 Å². The van der Waals surface area contributed by atoms with Gasteiger partial charge in [0, 0.05) is 28.2 Å². The topological polar surface area (TPSA) is 64.4 Å². The molecule has 0 aromatic heterocycles. The molecule has 110 valence electrons. The van der Waals surface area contributed by atoms with Crippen LogP contribution in [0, 0.1) is 0 Å². The molecule has 3 nitrogen and oxygen atoms in total. The number of rotatable bonds is 3.